The van der Waals surface area contributed by atoms with E-state index in [9.17, 15) is 18.0 Å². The molecule has 7 heteroatoms. The summed E-state index contributed by atoms with van der Waals surface area (Å²) in [6, 6.07) is 4.23. The van der Waals surface area contributed by atoms with Crippen LogP contribution in [0.2, 0.25) is 0 Å². The molecule has 0 saturated carbocycles. The zero-order chi connectivity index (χ0) is 17.4. The molecule has 2 nitrogen and oxygen atoms in total. The lowest BCUT2D eigenvalue weighted by Gasteiger charge is -2.46. The fourth-order valence-electron chi connectivity index (χ4n) is 3.76. The van der Waals surface area contributed by atoms with Crippen molar-refractivity contribution >= 4 is 33.6 Å². The molecule has 0 aromatic heterocycles. The Hall–Kier alpha value is -0.690. The number of nitrogens with zero attached hydrogens (tertiary/aromatic N) is 1. The first-order valence-electron chi connectivity index (χ1n) is 8.04. The van der Waals surface area contributed by atoms with Crippen molar-refractivity contribution < 1.29 is 18.0 Å². The van der Waals surface area contributed by atoms with E-state index in [1.54, 1.807) is 23.9 Å². The summed E-state index contributed by atoms with van der Waals surface area (Å²) in [7, 11) is 0. The smallest absolute Gasteiger partial charge is 0.326 e. The Bertz CT molecular complexity index is 593. The third-order valence-electron chi connectivity index (χ3n) is 5.03. The van der Waals surface area contributed by atoms with E-state index in [1.807, 2.05) is 0 Å². The number of hydrogen-bond acceptors (Lipinski definition) is 2. The first-order chi connectivity index (χ1) is 11.3. The van der Waals surface area contributed by atoms with Crippen LogP contribution in [-0.4, -0.2) is 35.0 Å². The average Bonchev–Trinajstić information content (AvgIpc) is 2.53. The lowest BCUT2D eigenvalue weighted by molar-refractivity contribution is -0.200. The first-order valence-corrected chi connectivity index (χ1v) is 9.99. The summed E-state index contributed by atoms with van der Waals surface area (Å²) in [4.78, 5) is 14.1. The van der Waals surface area contributed by atoms with Gasteiger partial charge in [0.05, 0.1) is 5.41 Å². The molecule has 24 heavy (non-hydrogen) atoms. The van der Waals surface area contributed by atoms with Crippen molar-refractivity contribution in [2.75, 3.05) is 18.1 Å². The maximum atomic E-state index is 13.8. The minimum Gasteiger partial charge on any atom is -0.326 e. The van der Waals surface area contributed by atoms with Crippen molar-refractivity contribution in [3.8, 4) is 0 Å². The van der Waals surface area contributed by atoms with Crippen LogP contribution in [-0.2, 0) is 4.79 Å². The molecule has 0 N–H and O–H groups in total. The summed E-state index contributed by atoms with van der Waals surface area (Å²) in [6.45, 7) is 0.175. The Morgan fingerprint density at radius 3 is 2.33 bits per heavy atom. The third kappa shape index (κ3) is 3.47. The second kappa shape index (κ2) is 6.90. The van der Waals surface area contributed by atoms with Crippen LogP contribution in [0.4, 0.5) is 13.2 Å². The largest absolute Gasteiger partial charge is 0.413 e. The van der Waals surface area contributed by atoms with Crippen molar-refractivity contribution in [3.05, 3.63) is 34.3 Å². The van der Waals surface area contributed by atoms with E-state index < -0.39 is 17.6 Å². The molecule has 1 spiro atoms. The van der Waals surface area contributed by atoms with Crippen LogP contribution in [0.3, 0.4) is 0 Å². The van der Waals surface area contributed by atoms with Crippen molar-refractivity contribution in [1.82, 2.24) is 4.90 Å². The van der Waals surface area contributed by atoms with Crippen molar-refractivity contribution in [3.63, 3.8) is 0 Å². The Morgan fingerprint density at radius 1 is 1.12 bits per heavy atom. The van der Waals surface area contributed by atoms with Crippen LogP contribution in [0.1, 0.15) is 37.3 Å². The molecule has 132 valence electrons. The monoisotopic (exact) mass is 421 g/mol. The van der Waals surface area contributed by atoms with Gasteiger partial charge in [0.1, 0.15) is 0 Å². The number of alkyl halides is 3. The quantitative estimate of drug-likeness (QED) is 0.654. The van der Waals surface area contributed by atoms with Crippen molar-refractivity contribution in [1.29, 1.82) is 0 Å². The summed E-state index contributed by atoms with van der Waals surface area (Å²) in [6.07, 6.45) is -1.74. The molecule has 0 radical (unpaired) electrons. The number of rotatable bonds is 2. The summed E-state index contributed by atoms with van der Waals surface area (Å²) in [5, 5.41) is 0. The number of amides is 1. The Morgan fingerprint density at radius 2 is 1.75 bits per heavy atom. The van der Waals surface area contributed by atoms with Crippen molar-refractivity contribution in [2.45, 2.75) is 37.9 Å². The molecule has 2 fully saturated rings. The van der Waals surface area contributed by atoms with E-state index in [4.69, 9.17) is 0 Å². The highest BCUT2D eigenvalue weighted by Crippen LogP contribution is 2.48. The van der Waals surface area contributed by atoms with Crippen LogP contribution in [0.15, 0.2) is 28.7 Å². The van der Waals surface area contributed by atoms with Crippen molar-refractivity contribution in [2.24, 2.45) is 5.41 Å². The molecule has 1 atom stereocenters. The van der Waals surface area contributed by atoms with E-state index in [1.165, 1.54) is 12.1 Å². The summed E-state index contributed by atoms with van der Waals surface area (Å²) < 4.78 is 42.2. The van der Waals surface area contributed by atoms with Gasteiger partial charge >= 0.3 is 6.18 Å². The number of thioether (sulfide) groups is 1. The predicted molar refractivity (Wildman–Crippen MR) is 92.9 cm³/mol. The second-order valence-corrected chi connectivity index (χ2v) is 8.63. The number of benzene rings is 1. The van der Waals surface area contributed by atoms with Crippen LogP contribution in [0, 0.1) is 5.41 Å². The van der Waals surface area contributed by atoms with E-state index in [0.29, 0.717) is 25.7 Å². The molecule has 2 heterocycles. The molecular weight excluding hydrogens is 403 g/mol. The van der Waals surface area contributed by atoms with Gasteiger partial charge in [-0.1, -0.05) is 28.1 Å². The minimum atomic E-state index is -4.48. The molecule has 2 saturated heterocycles. The summed E-state index contributed by atoms with van der Waals surface area (Å²) in [5.41, 5.74) is -0.455. The fraction of sp³-hybridized carbons (Fsp3) is 0.588. The van der Waals surface area contributed by atoms with Gasteiger partial charge in [0.2, 0.25) is 5.91 Å². The number of carbonyl (C=O) groups is 1. The molecule has 1 amide bonds. The highest BCUT2D eigenvalue weighted by atomic mass is 79.9. The van der Waals surface area contributed by atoms with Crippen LogP contribution < -0.4 is 0 Å². The summed E-state index contributed by atoms with van der Waals surface area (Å²) in [5.74, 6) is 1.41. The van der Waals surface area contributed by atoms with Gasteiger partial charge in [-0.05, 0) is 54.9 Å². The molecule has 1 aromatic rings. The van der Waals surface area contributed by atoms with Gasteiger partial charge in [-0.3, -0.25) is 4.79 Å². The van der Waals surface area contributed by atoms with Crippen LogP contribution in [0.25, 0.3) is 0 Å². The molecule has 3 rings (SSSR count). The third-order valence-corrected chi connectivity index (χ3v) is 6.54. The van der Waals surface area contributed by atoms with Gasteiger partial charge in [0.15, 0.2) is 6.04 Å². The normalized spacial score (nSPS) is 22.7. The van der Waals surface area contributed by atoms with E-state index in [-0.39, 0.29) is 18.0 Å². The van der Waals surface area contributed by atoms with Crippen LogP contribution >= 0.6 is 27.7 Å². The molecule has 1 aromatic carbocycles. The van der Waals surface area contributed by atoms with Gasteiger partial charge in [-0.2, -0.15) is 24.9 Å². The lowest BCUT2D eigenvalue weighted by Crippen LogP contribution is -2.54. The maximum absolute atomic E-state index is 13.8. The standard InChI is InChI=1S/C17H19BrF3NOS/c18-13-4-2-12(3-5-13)14(17(19,20)21)22-9-1-6-16(15(22)23)7-10-24-11-8-16/h2-5,14H,1,6-11H2/t14-/m0/s1. The average molecular weight is 422 g/mol. The zero-order valence-corrected chi connectivity index (χ0v) is 15.5. The van der Waals surface area contributed by atoms with Gasteiger partial charge in [0, 0.05) is 11.0 Å². The van der Waals surface area contributed by atoms with Gasteiger partial charge in [-0.25, -0.2) is 0 Å². The Balaban J connectivity index is 1.95. The summed E-state index contributed by atoms with van der Waals surface area (Å²) >= 11 is 5.03. The maximum Gasteiger partial charge on any atom is 0.413 e. The predicted octanol–water partition coefficient (Wildman–Crippen LogP) is 5.19. The van der Waals surface area contributed by atoms with Gasteiger partial charge in [-0.15, -0.1) is 0 Å². The SMILES string of the molecule is O=C1N([C@@H](c2ccc(Br)cc2)C(F)(F)F)CCCC12CCSCC2. The van der Waals surface area contributed by atoms with E-state index in [0.717, 1.165) is 20.9 Å². The Kier molecular flexibility index (Phi) is 5.21. The molecular formula is C17H19BrF3NOS. The highest BCUT2D eigenvalue weighted by molar-refractivity contribution is 9.10. The number of likely N-dealkylation sites (tertiary alicyclic amines) is 1. The topological polar surface area (TPSA) is 20.3 Å². The minimum absolute atomic E-state index is 0.126. The molecule has 2 aliphatic heterocycles. The molecule has 2 aliphatic rings. The first kappa shape index (κ1) is 18.1. The number of halogens is 4. The van der Waals surface area contributed by atoms with Gasteiger partial charge in [0.25, 0.3) is 0 Å². The molecule has 0 bridgehead atoms. The van der Waals surface area contributed by atoms with Crippen LogP contribution in [0.5, 0.6) is 0 Å². The van der Waals surface area contributed by atoms with E-state index >= 15 is 0 Å². The number of piperidine rings is 1. The number of carbonyl (C=O) groups excluding carboxylic acids is 1. The fourth-order valence-corrected chi connectivity index (χ4v) is 5.30. The van der Waals surface area contributed by atoms with Gasteiger partial charge < -0.3 is 4.90 Å². The highest BCUT2D eigenvalue weighted by Gasteiger charge is 2.52. The molecule has 0 aliphatic carbocycles. The van der Waals surface area contributed by atoms with E-state index in [2.05, 4.69) is 15.9 Å². The molecule has 0 unspecified atom stereocenters. The zero-order valence-electron chi connectivity index (χ0n) is 13.1. The Labute approximate surface area is 152 Å². The lowest BCUT2D eigenvalue weighted by atomic mass is 9.73. The number of hydrogen-bond donors (Lipinski definition) is 0. The second-order valence-electron chi connectivity index (χ2n) is 6.49.